The summed E-state index contributed by atoms with van der Waals surface area (Å²) in [6.07, 6.45) is 1.61. The maximum absolute atomic E-state index is 13.0. The SMILES string of the molecule is COC(=O)c1ccc(OC(=O)c2cc(C)nc3c2cnn3Cc2cccs2)c(OC)c1. The number of hydrogen-bond acceptors (Lipinski definition) is 8. The molecule has 0 aliphatic heterocycles. The number of ether oxygens (including phenoxy) is 3. The molecule has 0 saturated carbocycles. The van der Waals surface area contributed by atoms with Gasteiger partial charge in [-0.2, -0.15) is 5.10 Å². The van der Waals surface area contributed by atoms with Gasteiger partial charge in [-0.15, -0.1) is 11.3 Å². The predicted molar refractivity (Wildman–Crippen MR) is 115 cm³/mol. The Labute approximate surface area is 182 Å². The molecule has 0 saturated heterocycles. The van der Waals surface area contributed by atoms with E-state index in [1.165, 1.54) is 32.4 Å². The number of rotatable bonds is 6. The highest BCUT2D eigenvalue weighted by Crippen LogP contribution is 2.30. The van der Waals surface area contributed by atoms with Gasteiger partial charge in [0.25, 0.3) is 0 Å². The van der Waals surface area contributed by atoms with Crippen molar-refractivity contribution in [2.75, 3.05) is 14.2 Å². The monoisotopic (exact) mass is 437 g/mol. The van der Waals surface area contributed by atoms with Gasteiger partial charge in [0.2, 0.25) is 0 Å². The van der Waals surface area contributed by atoms with Gasteiger partial charge in [-0.05, 0) is 42.6 Å². The Kier molecular flexibility index (Phi) is 5.68. The number of benzene rings is 1. The van der Waals surface area contributed by atoms with Crippen molar-refractivity contribution < 1.29 is 23.8 Å². The Morgan fingerprint density at radius 2 is 1.94 bits per heavy atom. The first-order valence-electron chi connectivity index (χ1n) is 9.34. The normalized spacial score (nSPS) is 10.8. The van der Waals surface area contributed by atoms with Crippen molar-refractivity contribution in [1.82, 2.24) is 14.8 Å². The quantitative estimate of drug-likeness (QED) is 0.334. The average molecular weight is 437 g/mol. The van der Waals surface area contributed by atoms with E-state index in [9.17, 15) is 9.59 Å². The maximum atomic E-state index is 13.0. The zero-order valence-electron chi connectivity index (χ0n) is 17.1. The summed E-state index contributed by atoms with van der Waals surface area (Å²) >= 11 is 1.63. The minimum absolute atomic E-state index is 0.189. The van der Waals surface area contributed by atoms with Gasteiger partial charge in [0.05, 0.1) is 43.5 Å². The lowest BCUT2D eigenvalue weighted by atomic mass is 10.1. The van der Waals surface area contributed by atoms with Crippen LogP contribution >= 0.6 is 11.3 Å². The molecule has 4 aromatic rings. The highest BCUT2D eigenvalue weighted by molar-refractivity contribution is 7.09. The summed E-state index contributed by atoms with van der Waals surface area (Å²) < 4.78 is 17.3. The number of pyridine rings is 1. The van der Waals surface area contributed by atoms with Crippen LogP contribution in [-0.4, -0.2) is 40.9 Å². The van der Waals surface area contributed by atoms with Crippen LogP contribution in [0.15, 0.2) is 48.0 Å². The Hall–Kier alpha value is -3.72. The third kappa shape index (κ3) is 4.13. The van der Waals surface area contributed by atoms with Crippen LogP contribution in [0.3, 0.4) is 0 Å². The van der Waals surface area contributed by atoms with Crippen LogP contribution in [0.5, 0.6) is 11.5 Å². The summed E-state index contributed by atoms with van der Waals surface area (Å²) in [5.41, 5.74) is 1.91. The van der Waals surface area contributed by atoms with Crippen molar-refractivity contribution in [2.24, 2.45) is 0 Å². The van der Waals surface area contributed by atoms with Crippen molar-refractivity contribution in [1.29, 1.82) is 0 Å². The van der Waals surface area contributed by atoms with E-state index in [0.29, 0.717) is 28.8 Å². The molecule has 31 heavy (non-hydrogen) atoms. The topological polar surface area (TPSA) is 92.5 Å². The molecule has 158 valence electrons. The molecule has 0 atom stereocenters. The Balaban J connectivity index is 1.67. The first-order chi connectivity index (χ1) is 15.0. The fraction of sp³-hybridized carbons (Fsp3) is 0.182. The lowest BCUT2D eigenvalue weighted by Gasteiger charge is -2.11. The predicted octanol–water partition coefficient (Wildman–Crippen LogP) is 3.86. The molecule has 0 radical (unpaired) electrons. The summed E-state index contributed by atoms with van der Waals surface area (Å²) in [6.45, 7) is 2.37. The molecule has 4 rings (SSSR count). The van der Waals surface area contributed by atoms with Gasteiger partial charge in [0, 0.05) is 10.6 Å². The van der Waals surface area contributed by atoms with Gasteiger partial charge in [-0.25, -0.2) is 19.3 Å². The molecule has 0 amide bonds. The number of aryl methyl sites for hydroxylation is 1. The smallest absolute Gasteiger partial charge is 0.344 e. The molecule has 0 fully saturated rings. The molecule has 0 unspecified atom stereocenters. The van der Waals surface area contributed by atoms with E-state index in [4.69, 9.17) is 14.2 Å². The number of aromatic nitrogens is 3. The Morgan fingerprint density at radius 1 is 1.10 bits per heavy atom. The summed E-state index contributed by atoms with van der Waals surface area (Å²) in [6, 6.07) is 10.1. The molecule has 0 N–H and O–H groups in total. The largest absolute Gasteiger partial charge is 0.493 e. The molecule has 0 bridgehead atoms. The summed E-state index contributed by atoms with van der Waals surface area (Å²) in [5, 5.41) is 7.01. The van der Waals surface area contributed by atoms with E-state index in [-0.39, 0.29) is 17.1 Å². The van der Waals surface area contributed by atoms with Gasteiger partial charge in [-0.3, -0.25) is 0 Å². The number of carbonyl (C=O) groups is 2. The Morgan fingerprint density at radius 3 is 2.65 bits per heavy atom. The molecule has 1 aromatic carbocycles. The van der Waals surface area contributed by atoms with Crippen LogP contribution in [0.25, 0.3) is 11.0 Å². The number of methoxy groups -OCH3 is 2. The first-order valence-corrected chi connectivity index (χ1v) is 10.2. The van der Waals surface area contributed by atoms with Gasteiger partial charge in [-0.1, -0.05) is 6.07 Å². The van der Waals surface area contributed by atoms with E-state index in [2.05, 4.69) is 10.1 Å². The van der Waals surface area contributed by atoms with Crippen LogP contribution in [0.2, 0.25) is 0 Å². The van der Waals surface area contributed by atoms with E-state index in [0.717, 1.165) is 4.88 Å². The minimum Gasteiger partial charge on any atom is -0.493 e. The highest BCUT2D eigenvalue weighted by Gasteiger charge is 2.20. The van der Waals surface area contributed by atoms with Crippen molar-refractivity contribution in [2.45, 2.75) is 13.5 Å². The van der Waals surface area contributed by atoms with Crippen molar-refractivity contribution in [3.63, 3.8) is 0 Å². The lowest BCUT2D eigenvalue weighted by Crippen LogP contribution is -2.11. The number of carbonyl (C=O) groups excluding carboxylic acids is 2. The fourth-order valence-electron chi connectivity index (χ4n) is 3.16. The average Bonchev–Trinajstić information content (AvgIpc) is 3.43. The van der Waals surface area contributed by atoms with Crippen LogP contribution in [-0.2, 0) is 11.3 Å². The fourth-order valence-corrected chi connectivity index (χ4v) is 3.84. The van der Waals surface area contributed by atoms with Gasteiger partial charge in [0.15, 0.2) is 17.1 Å². The van der Waals surface area contributed by atoms with Crippen LogP contribution < -0.4 is 9.47 Å². The van der Waals surface area contributed by atoms with Crippen molar-refractivity contribution >= 4 is 34.3 Å². The van der Waals surface area contributed by atoms with E-state index in [1.54, 1.807) is 28.3 Å². The number of thiophene rings is 1. The van der Waals surface area contributed by atoms with Gasteiger partial charge < -0.3 is 14.2 Å². The molecular weight excluding hydrogens is 418 g/mol. The van der Waals surface area contributed by atoms with Gasteiger partial charge >= 0.3 is 11.9 Å². The summed E-state index contributed by atoms with van der Waals surface area (Å²) in [4.78, 5) is 30.4. The molecule has 8 nitrogen and oxygen atoms in total. The standard InChI is InChI=1S/C22H19N3O5S/c1-13-9-16(17-11-23-25(20(17)24-13)12-15-5-4-8-31-15)22(27)30-18-7-6-14(21(26)29-3)10-19(18)28-2/h4-11H,12H2,1-3H3. The second-order valence-electron chi connectivity index (χ2n) is 6.68. The third-order valence-corrected chi connectivity index (χ3v) is 5.49. The van der Waals surface area contributed by atoms with Crippen molar-refractivity contribution in [3.05, 3.63) is 69.7 Å². The molecule has 3 aromatic heterocycles. The van der Waals surface area contributed by atoms with Crippen molar-refractivity contribution in [3.8, 4) is 11.5 Å². The molecule has 3 heterocycles. The zero-order valence-corrected chi connectivity index (χ0v) is 17.9. The maximum Gasteiger partial charge on any atom is 0.344 e. The summed E-state index contributed by atoms with van der Waals surface area (Å²) in [7, 11) is 2.72. The van der Waals surface area contributed by atoms with Gasteiger partial charge in [0.1, 0.15) is 0 Å². The third-order valence-electron chi connectivity index (χ3n) is 4.63. The zero-order chi connectivity index (χ0) is 22.0. The van der Waals surface area contributed by atoms with E-state index < -0.39 is 11.9 Å². The second kappa shape index (κ2) is 8.57. The van der Waals surface area contributed by atoms with E-state index >= 15 is 0 Å². The molecule has 9 heteroatoms. The number of fused-ring (bicyclic) bond motifs is 1. The molecule has 0 aliphatic carbocycles. The summed E-state index contributed by atoms with van der Waals surface area (Å²) in [5.74, 6) is -0.656. The minimum atomic E-state index is -0.574. The Bertz CT molecular complexity index is 1260. The lowest BCUT2D eigenvalue weighted by molar-refractivity contribution is 0.0600. The molecule has 0 spiro atoms. The number of esters is 2. The number of hydrogen-bond donors (Lipinski definition) is 0. The number of nitrogens with zero attached hydrogens (tertiary/aromatic N) is 3. The van der Waals surface area contributed by atoms with Crippen LogP contribution in [0.4, 0.5) is 0 Å². The van der Waals surface area contributed by atoms with Crippen LogP contribution in [0, 0.1) is 6.92 Å². The molecule has 0 aliphatic rings. The second-order valence-corrected chi connectivity index (χ2v) is 7.71. The highest BCUT2D eigenvalue weighted by atomic mass is 32.1. The first kappa shape index (κ1) is 20.5. The molecular formula is C22H19N3O5S. The van der Waals surface area contributed by atoms with Crippen LogP contribution in [0.1, 0.15) is 31.3 Å². The van der Waals surface area contributed by atoms with E-state index in [1.807, 2.05) is 24.4 Å².